The first-order chi connectivity index (χ1) is 9.16. The maximum absolute atomic E-state index is 13.7. The molecule has 2 aromatic heterocycles. The average molecular weight is 258 g/mol. The fourth-order valence-corrected chi connectivity index (χ4v) is 1.77. The highest BCUT2D eigenvalue weighted by molar-refractivity contribution is 5.87. The quantitative estimate of drug-likeness (QED) is 0.755. The Hall–Kier alpha value is -2.83. The third kappa shape index (κ3) is 1.81. The Balaban J connectivity index is 2.31. The van der Waals surface area contributed by atoms with Crippen molar-refractivity contribution in [1.82, 2.24) is 19.6 Å². The van der Waals surface area contributed by atoms with Crippen LogP contribution in [0.25, 0.3) is 17.0 Å². The summed E-state index contributed by atoms with van der Waals surface area (Å²) in [6, 6.07) is 7.27. The molecule has 3 aromatic rings. The summed E-state index contributed by atoms with van der Waals surface area (Å²) >= 11 is 0. The zero-order chi connectivity index (χ0) is 13.4. The lowest BCUT2D eigenvalue weighted by Crippen LogP contribution is -2.08. The molecular weight excluding hydrogens is 251 g/mol. The van der Waals surface area contributed by atoms with Gasteiger partial charge in [0.1, 0.15) is 12.1 Å². The second-order valence-electron chi connectivity index (χ2n) is 3.78. The van der Waals surface area contributed by atoms with E-state index in [0.29, 0.717) is 0 Å². The SMILES string of the molecule is O=C(O)c1cc(-c2ccccc2F)nc2ncnn12. The van der Waals surface area contributed by atoms with Gasteiger partial charge in [0.25, 0.3) is 5.78 Å². The molecule has 0 aliphatic rings. The number of hydrogen-bond acceptors (Lipinski definition) is 4. The summed E-state index contributed by atoms with van der Waals surface area (Å²) in [5.41, 5.74) is 0.298. The van der Waals surface area contributed by atoms with Gasteiger partial charge in [-0.1, -0.05) is 12.1 Å². The molecule has 94 valence electrons. The van der Waals surface area contributed by atoms with Crippen LogP contribution >= 0.6 is 0 Å². The predicted octanol–water partition coefficient (Wildman–Crippen LogP) is 1.63. The van der Waals surface area contributed by atoms with Crippen molar-refractivity contribution in [3.63, 3.8) is 0 Å². The highest BCUT2D eigenvalue weighted by Gasteiger charge is 2.15. The number of hydrogen-bond donors (Lipinski definition) is 1. The summed E-state index contributed by atoms with van der Waals surface area (Å²) in [5, 5.41) is 12.9. The van der Waals surface area contributed by atoms with Crippen molar-refractivity contribution in [3.8, 4) is 11.3 Å². The molecule has 6 nitrogen and oxygen atoms in total. The molecule has 0 spiro atoms. The van der Waals surface area contributed by atoms with Crippen LogP contribution in [0, 0.1) is 5.82 Å². The number of nitrogens with zero attached hydrogens (tertiary/aromatic N) is 4. The van der Waals surface area contributed by atoms with Crippen molar-refractivity contribution in [3.05, 3.63) is 48.2 Å². The van der Waals surface area contributed by atoms with Crippen LogP contribution in [0.5, 0.6) is 0 Å². The van der Waals surface area contributed by atoms with Gasteiger partial charge in [-0.25, -0.2) is 14.2 Å². The molecule has 3 rings (SSSR count). The van der Waals surface area contributed by atoms with Gasteiger partial charge in [-0.05, 0) is 18.2 Å². The number of benzene rings is 1. The van der Waals surface area contributed by atoms with Crippen molar-refractivity contribution >= 4 is 11.7 Å². The fraction of sp³-hybridized carbons (Fsp3) is 0. The zero-order valence-corrected chi connectivity index (χ0v) is 9.49. The van der Waals surface area contributed by atoms with Gasteiger partial charge >= 0.3 is 5.97 Å². The van der Waals surface area contributed by atoms with E-state index in [2.05, 4.69) is 15.1 Å². The van der Waals surface area contributed by atoms with E-state index in [9.17, 15) is 9.18 Å². The molecule has 1 aromatic carbocycles. The molecule has 0 radical (unpaired) electrons. The van der Waals surface area contributed by atoms with E-state index < -0.39 is 11.8 Å². The molecule has 0 atom stereocenters. The topological polar surface area (TPSA) is 80.4 Å². The van der Waals surface area contributed by atoms with Gasteiger partial charge in [0.05, 0.1) is 5.69 Å². The van der Waals surface area contributed by atoms with Gasteiger partial charge in [-0.2, -0.15) is 14.6 Å². The normalized spacial score (nSPS) is 10.8. The Morgan fingerprint density at radius 2 is 2.11 bits per heavy atom. The molecule has 1 N–H and O–H groups in total. The number of aromatic carboxylic acids is 1. The zero-order valence-electron chi connectivity index (χ0n) is 9.49. The van der Waals surface area contributed by atoms with Crippen LogP contribution in [-0.4, -0.2) is 30.7 Å². The summed E-state index contributed by atoms with van der Waals surface area (Å²) in [5.74, 6) is -1.55. The van der Waals surface area contributed by atoms with Gasteiger partial charge in [0.15, 0.2) is 5.69 Å². The maximum Gasteiger partial charge on any atom is 0.354 e. The Morgan fingerprint density at radius 1 is 1.32 bits per heavy atom. The van der Waals surface area contributed by atoms with E-state index in [1.165, 1.54) is 24.5 Å². The lowest BCUT2D eigenvalue weighted by atomic mass is 10.1. The standard InChI is InChI=1S/C12H7FN4O2/c13-8-4-2-1-3-7(8)9-5-10(11(18)19)17-12(16-9)14-6-15-17/h1-6H,(H,18,19). The van der Waals surface area contributed by atoms with Crippen molar-refractivity contribution in [1.29, 1.82) is 0 Å². The van der Waals surface area contributed by atoms with Crippen LogP contribution in [0.2, 0.25) is 0 Å². The summed E-state index contributed by atoms with van der Waals surface area (Å²) in [6.07, 6.45) is 1.19. The third-order valence-electron chi connectivity index (χ3n) is 2.62. The number of carbonyl (C=O) groups is 1. The van der Waals surface area contributed by atoms with Crippen LogP contribution in [0.3, 0.4) is 0 Å². The highest BCUT2D eigenvalue weighted by atomic mass is 19.1. The van der Waals surface area contributed by atoms with E-state index in [-0.39, 0.29) is 22.7 Å². The minimum atomic E-state index is -1.18. The van der Waals surface area contributed by atoms with Crippen molar-refractivity contribution in [2.45, 2.75) is 0 Å². The Bertz CT molecular complexity index is 784. The minimum absolute atomic E-state index is 0.109. The summed E-state index contributed by atoms with van der Waals surface area (Å²) < 4.78 is 14.8. The van der Waals surface area contributed by atoms with Crippen LogP contribution in [0.1, 0.15) is 10.5 Å². The van der Waals surface area contributed by atoms with Crippen molar-refractivity contribution < 1.29 is 14.3 Å². The molecule has 0 aliphatic heterocycles. The van der Waals surface area contributed by atoms with E-state index in [1.54, 1.807) is 12.1 Å². The average Bonchev–Trinajstić information content (AvgIpc) is 2.86. The number of carboxylic acid groups (broad SMARTS) is 1. The molecule has 0 saturated heterocycles. The van der Waals surface area contributed by atoms with Crippen LogP contribution in [0.15, 0.2) is 36.7 Å². The van der Waals surface area contributed by atoms with Gasteiger partial charge in [-0.15, -0.1) is 0 Å². The number of carboxylic acids is 1. The van der Waals surface area contributed by atoms with Gasteiger partial charge < -0.3 is 5.11 Å². The van der Waals surface area contributed by atoms with E-state index in [4.69, 9.17) is 5.11 Å². The van der Waals surface area contributed by atoms with Gasteiger partial charge in [0.2, 0.25) is 0 Å². The highest BCUT2D eigenvalue weighted by Crippen LogP contribution is 2.22. The van der Waals surface area contributed by atoms with Crippen LogP contribution in [-0.2, 0) is 0 Å². The lowest BCUT2D eigenvalue weighted by molar-refractivity contribution is 0.0687. The molecule has 0 aliphatic carbocycles. The first-order valence-corrected chi connectivity index (χ1v) is 5.36. The molecule has 0 unspecified atom stereocenters. The molecule has 0 fully saturated rings. The summed E-state index contributed by atoms with van der Waals surface area (Å²) in [4.78, 5) is 19.1. The Kier molecular flexibility index (Phi) is 2.45. The Labute approximate surface area is 106 Å². The first kappa shape index (κ1) is 11.3. The maximum atomic E-state index is 13.7. The number of halogens is 1. The minimum Gasteiger partial charge on any atom is -0.477 e. The fourth-order valence-electron chi connectivity index (χ4n) is 1.77. The van der Waals surface area contributed by atoms with Crippen LogP contribution in [0.4, 0.5) is 4.39 Å². The second kappa shape index (κ2) is 4.13. The smallest absolute Gasteiger partial charge is 0.354 e. The largest absolute Gasteiger partial charge is 0.477 e. The molecule has 19 heavy (non-hydrogen) atoms. The molecule has 7 heteroatoms. The molecule has 0 amide bonds. The summed E-state index contributed by atoms with van der Waals surface area (Å²) in [7, 11) is 0. The number of fused-ring (bicyclic) bond motifs is 1. The summed E-state index contributed by atoms with van der Waals surface area (Å²) in [6.45, 7) is 0. The second-order valence-corrected chi connectivity index (χ2v) is 3.78. The molecule has 0 bridgehead atoms. The van der Waals surface area contributed by atoms with E-state index in [0.717, 1.165) is 4.52 Å². The first-order valence-electron chi connectivity index (χ1n) is 5.36. The van der Waals surface area contributed by atoms with Gasteiger partial charge in [-0.3, -0.25) is 0 Å². The predicted molar refractivity (Wildman–Crippen MR) is 63.1 cm³/mol. The monoisotopic (exact) mass is 258 g/mol. The van der Waals surface area contributed by atoms with Crippen molar-refractivity contribution in [2.75, 3.05) is 0 Å². The molecule has 0 saturated carbocycles. The molecular formula is C12H7FN4O2. The third-order valence-corrected chi connectivity index (χ3v) is 2.62. The number of aromatic nitrogens is 4. The van der Waals surface area contributed by atoms with Crippen molar-refractivity contribution in [2.24, 2.45) is 0 Å². The van der Waals surface area contributed by atoms with E-state index >= 15 is 0 Å². The number of rotatable bonds is 2. The lowest BCUT2D eigenvalue weighted by Gasteiger charge is -2.05. The van der Waals surface area contributed by atoms with Crippen LogP contribution < -0.4 is 0 Å². The van der Waals surface area contributed by atoms with Gasteiger partial charge in [0, 0.05) is 5.56 Å². The Morgan fingerprint density at radius 3 is 2.84 bits per heavy atom. The molecule has 2 heterocycles. The van der Waals surface area contributed by atoms with E-state index in [1.807, 2.05) is 0 Å².